The fraction of sp³-hybridized carbons (Fsp3) is 0.444. The van der Waals surface area contributed by atoms with Gasteiger partial charge in [0.25, 0.3) is 0 Å². The number of carbonyl (C=O) groups excluding carboxylic acids is 1. The van der Waals surface area contributed by atoms with Crippen LogP contribution in [0.5, 0.6) is 0 Å². The van der Waals surface area contributed by atoms with E-state index in [9.17, 15) is 9.18 Å². The summed E-state index contributed by atoms with van der Waals surface area (Å²) in [4.78, 5) is 14.2. The number of fused-ring (bicyclic) bond motifs is 1. The van der Waals surface area contributed by atoms with E-state index < -0.39 is 0 Å². The van der Waals surface area contributed by atoms with E-state index in [0.29, 0.717) is 24.2 Å². The number of anilines is 1. The van der Waals surface area contributed by atoms with Gasteiger partial charge in [0.15, 0.2) is 0 Å². The minimum Gasteiger partial charge on any atom is -0.335 e. The van der Waals surface area contributed by atoms with Gasteiger partial charge < -0.3 is 5.32 Å². The summed E-state index contributed by atoms with van der Waals surface area (Å²) >= 11 is 0. The lowest BCUT2D eigenvalue weighted by atomic mass is 10.1. The second-order valence-corrected chi connectivity index (χ2v) is 6.47. The van der Waals surface area contributed by atoms with Crippen LogP contribution < -0.4 is 10.2 Å². The van der Waals surface area contributed by atoms with E-state index in [0.717, 1.165) is 23.4 Å². The Kier molecular flexibility index (Phi) is 4.30. The van der Waals surface area contributed by atoms with Crippen molar-refractivity contribution < 1.29 is 9.18 Å². The van der Waals surface area contributed by atoms with Crippen molar-refractivity contribution in [2.24, 2.45) is 7.05 Å². The van der Waals surface area contributed by atoms with Gasteiger partial charge in [-0.2, -0.15) is 5.10 Å². The van der Waals surface area contributed by atoms with E-state index in [1.54, 1.807) is 17.0 Å². The lowest BCUT2D eigenvalue weighted by molar-refractivity contribution is 0.243. The number of benzene rings is 1. The molecule has 0 aliphatic carbocycles. The van der Waals surface area contributed by atoms with Crippen LogP contribution >= 0.6 is 0 Å². The molecule has 1 unspecified atom stereocenters. The van der Waals surface area contributed by atoms with Gasteiger partial charge in [-0.05, 0) is 51.3 Å². The number of aryl methyl sites for hydroxylation is 2. The SMILES string of the molecule is Cc1nn(C)c(C)c1CC(C)NC(=O)N1CCc2c(F)cccc21. The van der Waals surface area contributed by atoms with E-state index in [-0.39, 0.29) is 17.9 Å². The number of hydrogen-bond acceptors (Lipinski definition) is 2. The normalized spacial score (nSPS) is 14.6. The average molecular weight is 330 g/mol. The Hall–Kier alpha value is -2.37. The topological polar surface area (TPSA) is 50.2 Å². The summed E-state index contributed by atoms with van der Waals surface area (Å²) in [6, 6.07) is 4.68. The van der Waals surface area contributed by atoms with Crippen LogP contribution in [0, 0.1) is 19.7 Å². The fourth-order valence-corrected chi connectivity index (χ4v) is 3.36. The van der Waals surface area contributed by atoms with Crippen LogP contribution in [0.2, 0.25) is 0 Å². The van der Waals surface area contributed by atoms with E-state index in [2.05, 4.69) is 10.4 Å². The van der Waals surface area contributed by atoms with E-state index in [1.165, 1.54) is 6.07 Å². The summed E-state index contributed by atoms with van der Waals surface area (Å²) in [6.07, 6.45) is 1.28. The van der Waals surface area contributed by atoms with Crippen LogP contribution in [0.15, 0.2) is 18.2 Å². The summed E-state index contributed by atoms with van der Waals surface area (Å²) in [7, 11) is 1.92. The molecule has 3 rings (SSSR count). The second kappa shape index (κ2) is 6.26. The van der Waals surface area contributed by atoms with Crippen LogP contribution in [-0.2, 0) is 19.9 Å². The van der Waals surface area contributed by atoms with Gasteiger partial charge in [-0.3, -0.25) is 9.58 Å². The summed E-state index contributed by atoms with van der Waals surface area (Å²) in [5.74, 6) is -0.238. The van der Waals surface area contributed by atoms with Gasteiger partial charge in [0.1, 0.15) is 5.82 Å². The molecular weight excluding hydrogens is 307 g/mol. The average Bonchev–Trinajstić information content (AvgIpc) is 3.05. The number of rotatable bonds is 3. The second-order valence-electron chi connectivity index (χ2n) is 6.47. The molecule has 0 fully saturated rings. The van der Waals surface area contributed by atoms with Gasteiger partial charge in [0.05, 0.1) is 11.4 Å². The standard InChI is InChI=1S/C18H23FN4O/c1-11(10-15-12(2)21-22(4)13(15)3)20-18(24)23-9-8-14-16(19)6-5-7-17(14)23/h5-7,11H,8-10H2,1-4H3,(H,20,24). The molecule has 1 N–H and O–H groups in total. The summed E-state index contributed by atoms with van der Waals surface area (Å²) in [5.41, 5.74) is 4.57. The first kappa shape index (κ1) is 16.5. The molecule has 6 heteroatoms. The zero-order valence-electron chi connectivity index (χ0n) is 14.6. The predicted molar refractivity (Wildman–Crippen MR) is 91.8 cm³/mol. The summed E-state index contributed by atoms with van der Waals surface area (Å²) < 4.78 is 15.7. The molecule has 2 heterocycles. The molecule has 0 saturated carbocycles. The number of amides is 2. The van der Waals surface area contributed by atoms with Crippen LogP contribution in [0.4, 0.5) is 14.9 Å². The Bertz CT molecular complexity index is 784. The summed E-state index contributed by atoms with van der Waals surface area (Å²) in [6.45, 7) is 6.51. The largest absolute Gasteiger partial charge is 0.335 e. The maximum atomic E-state index is 13.8. The molecule has 0 radical (unpaired) electrons. The highest BCUT2D eigenvalue weighted by atomic mass is 19.1. The number of nitrogens with zero attached hydrogens (tertiary/aromatic N) is 3. The third kappa shape index (κ3) is 2.88. The van der Waals surface area contributed by atoms with Crippen molar-refractivity contribution in [2.75, 3.05) is 11.4 Å². The Labute approximate surface area is 141 Å². The highest BCUT2D eigenvalue weighted by Gasteiger charge is 2.27. The van der Waals surface area contributed by atoms with Crippen molar-refractivity contribution in [3.8, 4) is 0 Å². The number of hydrogen-bond donors (Lipinski definition) is 1. The van der Waals surface area contributed by atoms with Gasteiger partial charge in [-0.1, -0.05) is 6.07 Å². The molecule has 1 aliphatic rings. The minimum absolute atomic E-state index is 0.0308. The first-order valence-electron chi connectivity index (χ1n) is 8.23. The van der Waals surface area contributed by atoms with Crippen molar-refractivity contribution in [3.63, 3.8) is 0 Å². The highest BCUT2D eigenvalue weighted by molar-refractivity contribution is 5.94. The Morgan fingerprint density at radius 1 is 1.42 bits per heavy atom. The molecule has 1 aliphatic heterocycles. The van der Waals surface area contributed by atoms with Crippen molar-refractivity contribution in [1.29, 1.82) is 0 Å². The quantitative estimate of drug-likeness (QED) is 0.941. The van der Waals surface area contributed by atoms with Crippen LogP contribution in [0.1, 0.15) is 29.4 Å². The molecule has 0 spiro atoms. The van der Waals surface area contributed by atoms with Gasteiger partial charge in [0.2, 0.25) is 0 Å². The monoisotopic (exact) mass is 330 g/mol. The maximum Gasteiger partial charge on any atom is 0.322 e. The van der Waals surface area contributed by atoms with Crippen LogP contribution in [0.25, 0.3) is 0 Å². The highest BCUT2D eigenvalue weighted by Crippen LogP contribution is 2.29. The van der Waals surface area contributed by atoms with Gasteiger partial charge in [-0.25, -0.2) is 9.18 Å². The molecular formula is C18H23FN4O. The van der Waals surface area contributed by atoms with Crippen LogP contribution in [0.3, 0.4) is 0 Å². The van der Waals surface area contributed by atoms with Crippen molar-refractivity contribution in [2.45, 2.75) is 39.7 Å². The molecule has 2 amide bonds. The van der Waals surface area contributed by atoms with Gasteiger partial charge in [-0.15, -0.1) is 0 Å². The first-order valence-corrected chi connectivity index (χ1v) is 8.23. The molecule has 1 atom stereocenters. The molecule has 128 valence electrons. The molecule has 2 aromatic rings. The third-order valence-electron chi connectivity index (χ3n) is 4.75. The number of nitrogens with one attached hydrogen (secondary N) is 1. The number of halogens is 1. The summed E-state index contributed by atoms with van der Waals surface area (Å²) in [5, 5.41) is 7.43. The van der Waals surface area contributed by atoms with Gasteiger partial charge in [0, 0.05) is 30.9 Å². The molecule has 1 aromatic carbocycles. The van der Waals surface area contributed by atoms with E-state index in [1.807, 2.05) is 32.5 Å². The Morgan fingerprint density at radius 3 is 2.83 bits per heavy atom. The lowest BCUT2D eigenvalue weighted by Crippen LogP contribution is -2.44. The lowest BCUT2D eigenvalue weighted by Gasteiger charge is -2.21. The molecule has 0 bridgehead atoms. The first-order chi connectivity index (χ1) is 11.4. The van der Waals surface area contributed by atoms with E-state index >= 15 is 0 Å². The van der Waals surface area contributed by atoms with Crippen LogP contribution in [-0.4, -0.2) is 28.4 Å². The fourth-order valence-electron chi connectivity index (χ4n) is 3.36. The number of aromatic nitrogens is 2. The predicted octanol–water partition coefficient (Wildman–Crippen LogP) is 2.88. The number of carbonyl (C=O) groups is 1. The van der Waals surface area contributed by atoms with Gasteiger partial charge >= 0.3 is 6.03 Å². The zero-order chi connectivity index (χ0) is 17.4. The molecule has 5 nitrogen and oxygen atoms in total. The Balaban J connectivity index is 1.69. The Morgan fingerprint density at radius 2 is 2.17 bits per heavy atom. The minimum atomic E-state index is -0.238. The number of urea groups is 1. The van der Waals surface area contributed by atoms with E-state index in [4.69, 9.17) is 0 Å². The molecule has 24 heavy (non-hydrogen) atoms. The van der Waals surface area contributed by atoms with Crippen molar-refractivity contribution >= 4 is 11.7 Å². The zero-order valence-corrected chi connectivity index (χ0v) is 14.6. The third-order valence-corrected chi connectivity index (χ3v) is 4.75. The van der Waals surface area contributed by atoms with Crippen molar-refractivity contribution in [3.05, 3.63) is 46.5 Å². The molecule has 1 aromatic heterocycles. The van der Waals surface area contributed by atoms with Crippen molar-refractivity contribution in [1.82, 2.24) is 15.1 Å². The maximum absolute atomic E-state index is 13.8. The smallest absolute Gasteiger partial charge is 0.322 e. The molecule has 0 saturated heterocycles.